The Balaban J connectivity index is 1.60. The summed E-state index contributed by atoms with van der Waals surface area (Å²) in [6, 6.07) is 6.51. The molecule has 1 aromatic carbocycles. The average Bonchev–Trinajstić information content (AvgIpc) is 2.94. The first kappa shape index (κ1) is 13.9. The molecule has 0 spiro atoms. The van der Waals surface area contributed by atoms with Gasteiger partial charge in [-0.15, -0.1) is 0 Å². The van der Waals surface area contributed by atoms with Gasteiger partial charge in [-0.05, 0) is 55.7 Å². The van der Waals surface area contributed by atoms with Gasteiger partial charge >= 0.3 is 0 Å². The summed E-state index contributed by atoms with van der Waals surface area (Å²) >= 11 is 0. The summed E-state index contributed by atoms with van der Waals surface area (Å²) in [6.07, 6.45) is 9.19. The second kappa shape index (κ2) is 5.77. The molecule has 2 heteroatoms. The number of hydrogen-bond donors (Lipinski definition) is 1. The summed E-state index contributed by atoms with van der Waals surface area (Å²) < 4.78 is 5.54. The Morgan fingerprint density at radius 3 is 2.85 bits per heavy atom. The molecule has 0 amide bonds. The van der Waals surface area contributed by atoms with E-state index in [0.29, 0.717) is 5.92 Å². The van der Waals surface area contributed by atoms with Gasteiger partial charge in [-0.2, -0.15) is 0 Å². The summed E-state index contributed by atoms with van der Waals surface area (Å²) in [5.74, 6) is 1.54. The van der Waals surface area contributed by atoms with Crippen LogP contribution in [0.3, 0.4) is 0 Å². The monoisotopic (exact) mass is 274 g/mol. The molecule has 1 N–H and O–H groups in total. The third-order valence-electron chi connectivity index (χ3n) is 5.16. The summed E-state index contributed by atoms with van der Waals surface area (Å²) in [5, 5.41) is 10.8. The fourth-order valence-corrected chi connectivity index (χ4v) is 3.72. The fourth-order valence-electron chi connectivity index (χ4n) is 3.72. The second-order valence-corrected chi connectivity index (χ2v) is 6.73. The summed E-state index contributed by atoms with van der Waals surface area (Å²) in [7, 11) is 0. The third kappa shape index (κ3) is 3.01. The zero-order valence-electron chi connectivity index (χ0n) is 12.5. The van der Waals surface area contributed by atoms with E-state index in [4.69, 9.17) is 4.74 Å². The maximum atomic E-state index is 10.8. The molecule has 3 rings (SSSR count). The van der Waals surface area contributed by atoms with Gasteiger partial charge in [-0.3, -0.25) is 0 Å². The lowest BCUT2D eigenvalue weighted by atomic mass is 9.75. The predicted molar refractivity (Wildman–Crippen MR) is 81.2 cm³/mol. The molecule has 1 saturated carbocycles. The Morgan fingerprint density at radius 1 is 1.25 bits per heavy atom. The molecule has 2 nitrogen and oxygen atoms in total. The van der Waals surface area contributed by atoms with E-state index in [0.717, 1.165) is 31.6 Å². The first-order valence-corrected chi connectivity index (χ1v) is 8.12. The van der Waals surface area contributed by atoms with Crippen LogP contribution in [-0.4, -0.2) is 17.3 Å². The second-order valence-electron chi connectivity index (χ2n) is 6.73. The smallest absolute Gasteiger partial charge is 0.122 e. The molecule has 2 aliphatic rings. The number of aryl methyl sites for hydroxylation is 1. The van der Waals surface area contributed by atoms with Crippen molar-refractivity contribution in [2.45, 2.75) is 63.9 Å². The van der Waals surface area contributed by atoms with Crippen molar-refractivity contribution in [2.24, 2.45) is 5.92 Å². The molecule has 1 atom stereocenters. The van der Waals surface area contributed by atoms with Crippen LogP contribution < -0.4 is 4.74 Å². The molecule has 20 heavy (non-hydrogen) atoms. The Labute approximate surface area is 122 Å². The van der Waals surface area contributed by atoms with Crippen molar-refractivity contribution in [3.05, 3.63) is 29.3 Å². The van der Waals surface area contributed by atoms with Gasteiger partial charge in [0.15, 0.2) is 0 Å². The number of aliphatic hydroxyl groups is 1. The van der Waals surface area contributed by atoms with Crippen LogP contribution >= 0.6 is 0 Å². The van der Waals surface area contributed by atoms with E-state index in [1.165, 1.54) is 43.2 Å². The van der Waals surface area contributed by atoms with Crippen molar-refractivity contribution in [1.82, 2.24) is 0 Å². The Kier molecular flexibility index (Phi) is 4.02. The quantitative estimate of drug-likeness (QED) is 0.902. The van der Waals surface area contributed by atoms with E-state index >= 15 is 0 Å². The normalized spacial score (nSPS) is 22.1. The molecule has 1 unspecified atom stereocenters. The highest BCUT2D eigenvalue weighted by molar-refractivity contribution is 5.39. The lowest BCUT2D eigenvalue weighted by molar-refractivity contribution is -0.0232. The maximum Gasteiger partial charge on any atom is 0.122 e. The van der Waals surface area contributed by atoms with Crippen LogP contribution in [0.2, 0.25) is 0 Å². The standard InChI is InChI=1S/C18H26O2/c1-18(19,16-5-3-2-4-6-16)11-9-14-7-8-17-15(13-14)10-12-20-17/h7-8,13,16,19H,2-6,9-12H2,1H3. The van der Waals surface area contributed by atoms with Crippen molar-refractivity contribution >= 4 is 0 Å². The van der Waals surface area contributed by atoms with Crippen LogP contribution in [0, 0.1) is 5.92 Å². The van der Waals surface area contributed by atoms with Crippen LogP contribution in [0.15, 0.2) is 18.2 Å². The van der Waals surface area contributed by atoms with E-state index in [1.54, 1.807) is 0 Å². The lowest BCUT2D eigenvalue weighted by Crippen LogP contribution is -2.36. The molecule has 1 heterocycles. The summed E-state index contributed by atoms with van der Waals surface area (Å²) in [4.78, 5) is 0. The van der Waals surface area contributed by atoms with Gasteiger partial charge < -0.3 is 9.84 Å². The van der Waals surface area contributed by atoms with Gasteiger partial charge in [-0.1, -0.05) is 31.4 Å². The Bertz CT molecular complexity index is 458. The largest absolute Gasteiger partial charge is 0.493 e. The van der Waals surface area contributed by atoms with Crippen molar-refractivity contribution in [1.29, 1.82) is 0 Å². The molecule has 0 radical (unpaired) electrons. The average molecular weight is 274 g/mol. The molecule has 1 aliphatic heterocycles. The van der Waals surface area contributed by atoms with Crippen LogP contribution in [0.1, 0.15) is 56.6 Å². The highest BCUT2D eigenvalue weighted by atomic mass is 16.5. The van der Waals surface area contributed by atoms with Gasteiger partial charge in [0.2, 0.25) is 0 Å². The zero-order chi connectivity index (χ0) is 14.0. The molecule has 0 bridgehead atoms. The van der Waals surface area contributed by atoms with Gasteiger partial charge in [0.05, 0.1) is 12.2 Å². The predicted octanol–water partition coefficient (Wildman–Crippen LogP) is 3.89. The molecule has 0 saturated heterocycles. The van der Waals surface area contributed by atoms with Crippen molar-refractivity contribution in [3.63, 3.8) is 0 Å². The van der Waals surface area contributed by atoms with Gasteiger partial charge in [0.25, 0.3) is 0 Å². The minimum Gasteiger partial charge on any atom is -0.493 e. The first-order chi connectivity index (χ1) is 9.65. The lowest BCUT2D eigenvalue weighted by Gasteiger charge is -2.35. The first-order valence-electron chi connectivity index (χ1n) is 8.12. The van der Waals surface area contributed by atoms with Crippen molar-refractivity contribution in [3.8, 4) is 5.75 Å². The van der Waals surface area contributed by atoms with E-state index < -0.39 is 5.60 Å². The number of fused-ring (bicyclic) bond motifs is 1. The molecule has 1 fully saturated rings. The third-order valence-corrected chi connectivity index (χ3v) is 5.16. The number of hydrogen-bond acceptors (Lipinski definition) is 2. The van der Waals surface area contributed by atoms with Crippen molar-refractivity contribution < 1.29 is 9.84 Å². The number of rotatable bonds is 4. The summed E-state index contributed by atoms with van der Waals surface area (Å²) in [6.45, 7) is 2.86. The molecule has 110 valence electrons. The van der Waals surface area contributed by atoms with Gasteiger partial charge in [0, 0.05) is 6.42 Å². The molecule has 1 aliphatic carbocycles. The minimum atomic E-state index is -0.504. The molecular formula is C18H26O2. The number of ether oxygens (including phenoxy) is 1. The van der Waals surface area contributed by atoms with E-state index in [9.17, 15) is 5.11 Å². The topological polar surface area (TPSA) is 29.5 Å². The molecule has 0 aromatic heterocycles. The molecule has 1 aromatic rings. The van der Waals surface area contributed by atoms with Crippen LogP contribution in [0.4, 0.5) is 0 Å². The van der Waals surface area contributed by atoms with Crippen molar-refractivity contribution in [2.75, 3.05) is 6.61 Å². The van der Waals surface area contributed by atoms with E-state index in [1.807, 2.05) is 6.92 Å². The van der Waals surface area contributed by atoms with Crippen LogP contribution in [0.5, 0.6) is 5.75 Å². The zero-order valence-corrected chi connectivity index (χ0v) is 12.5. The fraction of sp³-hybridized carbons (Fsp3) is 0.667. The Morgan fingerprint density at radius 2 is 2.05 bits per heavy atom. The van der Waals surface area contributed by atoms with Crippen LogP contribution in [-0.2, 0) is 12.8 Å². The van der Waals surface area contributed by atoms with Gasteiger partial charge in [-0.25, -0.2) is 0 Å². The van der Waals surface area contributed by atoms with Crippen LogP contribution in [0.25, 0.3) is 0 Å². The minimum absolute atomic E-state index is 0.494. The Hall–Kier alpha value is -1.02. The number of benzene rings is 1. The van der Waals surface area contributed by atoms with Gasteiger partial charge in [0.1, 0.15) is 5.75 Å². The molecular weight excluding hydrogens is 248 g/mol. The van der Waals surface area contributed by atoms with E-state index in [2.05, 4.69) is 18.2 Å². The van der Waals surface area contributed by atoms with E-state index in [-0.39, 0.29) is 0 Å². The summed E-state index contributed by atoms with van der Waals surface area (Å²) in [5.41, 5.74) is 2.17. The maximum absolute atomic E-state index is 10.8. The highest BCUT2D eigenvalue weighted by Crippen LogP contribution is 2.35. The highest BCUT2D eigenvalue weighted by Gasteiger charge is 2.32. The SMILES string of the molecule is CC(O)(CCc1ccc2c(c1)CCO2)C1CCCCC1.